The number of hydrogen-bond acceptors (Lipinski definition) is 7. The van der Waals surface area contributed by atoms with Gasteiger partial charge >= 0.3 is 19.2 Å². The molecule has 0 radical (unpaired) electrons. The molecule has 0 aromatic heterocycles. The SMILES string of the molecule is C[C@@H](O)[C@H](NC(=O)OCc1ccccc1)C(=O)N[C@H](Cc1ccc(B2OC(C)(C)C(C)(C)O2)cc1)C(=O)O. The molecule has 1 saturated heterocycles. The topological polar surface area (TPSA) is 143 Å². The summed E-state index contributed by atoms with van der Waals surface area (Å²) < 4.78 is 17.2. The lowest BCUT2D eigenvalue weighted by Crippen LogP contribution is -2.56. The summed E-state index contributed by atoms with van der Waals surface area (Å²) in [5, 5.41) is 24.5. The molecule has 2 amide bonds. The Morgan fingerprint density at radius 1 is 0.921 bits per heavy atom. The monoisotopic (exact) mass is 526 g/mol. The number of carboxylic acids is 1. The summed E-state index contributed by atoms with van der Waals surface area (Å²) in [5.41, 5.74) is 1.21. The first-order chi connectivity index (χ1) is 17.8. The number of hydrogen-bond donors (Lipinski definition) is 4. The molecule has 3 rings (SSSR count). The van der Waals surface area contributed by atoms with E-state index >= 15 is 0 Å². The van der Waals surface area contributed by atoms with Gasteiger partial charge in [-0.2, -0.15) is 0 Å². The molecule has 3 atom stereocenters. The maximum atomic E-state index is 12.8. The van der Waals surface area contributed by atoms with E-state index < -0.39 is 54.5 Å². The van der Waals surface area contributed by atoms with Crippen molar-refractivity contribution in [1.29, 1.82) is 0 Å². The lowest BCUT2D eigenvalue weighted by molar-refractivity contribution is -0.142. The van der Waals surface area contributed by atoms with E-state index in [4.69, 9.17) is 14.0 Å². The van der Waals surface area contributed by atoms with Crippen LogP contribution in [0, 0.1) is 0 Å². The quantitative estimate of drug-likeness (QED) is 0.343. The second kappa shape index (κ2) is 12.0. The highest BCUT2D eigenvalue weighted by Crippen LogP contribution is 2.36. The van der Waals surface area contributed by atoms with Crippen molar-refractivity contribution < 1.29 is 38.6 Å². The first kappa shape index (κ1) is 29.2. The molecular weight excluding hydrogens is 491 g/mol. The Kier molecular flexibility index (Phi) is 9.19. The van der Waals surface area contributed by atoms with Crippen LogP contribution in [-0.4, -0.2) is 64.7 Å². The summed E-state index contributed by atoms with van der Waals surface area (Å²) in [5.74, 6) is -2.11. The molecule has 10 nitrogen and oxygen atoms in total. The molecule has 4 N–H and O–H groups in total. The first-order valence-corrected chi connectivity index (χ1v) is 12.4. The number of aliphatic hydroxyl groups excluding tert-OH is 1. The summed E-state index contributed by atoms with van der Waals surface area (Å²) >= 11 is 0. The zero-order valence-electron chi connectivity index (χ0n) is 22.3. The average molecular weight is 526 g/mol. The highest BCUT2D eigenvalue weighted by Gasteiger charge is 2.51. The number of amides is 2. The summed E-state index contributed by atoms with van der Waals surface area (Å²) in [6.45, 7) is 9.12. The van der Waals surface area contributed by atoms with Gasteiger partial charge in [-0.05, 0) is 51.2 Å². The van der Waals surface area contributed by atoms with Gasteiger partial charge in [-0.1, -0.05) is 54.6 Å². The fraction of sp³-hybridized carbons (Fsp3) is 0.444. The Hall–Kier alpha value is -3.41. The van der Waals surface area contributed by atoms with E-state index in [1.165, 1.54) is 6.92 Å². The number of alkyl carbamates (subject to hydrolysis) is 1. The van der Waals surface area contributed by atoms with Crippen LogP contribution in [0.25, 0.3) is 0 Å². The van der Waals surface area contributed by atoms with Gasteiger partial charge in [0, 0.05) is 6.42 Å². The number of aliphatic hydroxyl groups is 1. The zero-order valence-corrected chi connectivity index (χ0v) is 22.3. The van der Waals surface area contributed by atoms with E-state index in [9.17, 15) is 24.6 Å². The van der Waals surface area contributed by atoms with E-state index in [2.05, 4.69) is 10.6 Å². The summed E-state index contributed by atoms with van der Waals surface area (Å²) in [6, 6.07) is 13.3. The zero-order chi connectivity index (χ0) is 28.1. The van der Waals surface area contributed by atoms with Gasteiger partial charge in [0.05, 0.1) is 17.3 Å². The smallest absolute Gasteiger partial charge is 0.480 e. The summed E-state index contributed by atoms with van der Waals surface area (Å²) in [4.78, 5) is 36.9. The minimum atomic E-state index is -1.41. The molecule has 0 bridgehead atoms. The van der Waals surface area contributed by atoms with Gasteiger partial charge < -0.3 is 34.9 Å². The molecule has 2 aromatic rings. The van der Waals surface area contributed by atoms with Crippen molar-refractivity contribution in [3.8, 4) is 0 Å². The Labute approximate surface area is 222 Å². The number of carbonyl (C=O) groups is 3. The lowest BCUT2D eigenvalue weighted by atomic mass is 9.78. The molecule has 1 fully saturated rings. The van der Waals surface area contributed by atoms with Crippen LogP contribution >= 0.6 is 0 Å². The van der Waals surface area contributed by atoms with Crippen molar-refractivity contribution in [3.05, 3.63) is 65.7 Å². The lowest BCUT2D eigenvalue weighted by Gasteiger charge is -2.32. The van der Waals surface area contributed by atoms with Gasteiger partial charge in [0.15, 0.2) is 0 Å². The number of aliphatic carboxylic acids is 1. The second-order valence-electron chi connectivity index (χ2n) is 10.4. The molecule has 1 aliphatic rings. The fourth-order valence-electron chi connectivity index (χ4n) is 3.78. The van der Waals surface area contributed by atoms with Gasteiger partial charge in [-0.25, -0.2) is 9.59 Å². The Morgan fingerprint density at radius 3 is 2.03 bits per heavy atom. The van der Waals surface area contributed by atoms with Crippen molar-refractivity contribution >= 4 is 30.6 Å². The standard InChI is InChI=1S/C27H35BN2O8/c1-17(31)22(30-25(35)36-16-19-9-7-6-8-10-19)23(32)29-21(24(33)34)15-18-11-13-20(14-12-18)28-37-26(2,3)27(4,5)38-28/h6-14,17,21-22,31H,15-16H2,1-5H3,(H,29,32)(H,30,35)(H,33,34)/t17-,21-,22+/m1/s1. The van der Waals surface area contributed by atoms with Gasteiger partial charge in [-0.15, -0.1) is 0 Å². The minimum absolute atomic E-state index is 0.0182. The Morgan fingerprint density at radius 2 is 1.50 bits per heavy atom. The minimum Gasteiger partial charge on any atom is -0.480 e. The highest BCUT2D eigenvalue weighted by molar-refractivity contribution is 6.62. The van der Waals surface area contributed by atoms with Crippen molar-refractivity contribution in [2.45, 2.75) is 77.0 Å². The normalized spacial score (nSPS) is 18.2. The average Bonchev–Trinajstić information content (AvgIpc) is 3.08. The first-order valence-electron chi connectivity index (χ1n) is 12.4. The molecule has 0 spiro atoms. The van der Waals surface area contributed by atoms with E-state index in [1.54, 1.807) is 48.5 Å². The third kappa shape index (κ3) is 7.34. The molecule has 38 heavy (non-hydrogen) atoms. The van der Waals surface area contributed by atoms with Crippen LogP contribution in [0.15, 0.2) is 54.6 Å². The van der Waals surface area contributed by atoms with Crippen LogP contribution in [-0.2, 0) is 36.7 Å². The van der Waals surface area contributed by atoms with Crippen molar-refractivity contribution in [2.24, 2.45) is 0 Å². The van der Waals surface area contributed by atoms with Crippen molar-refractivity contribution in [3.63, 3.8) is 0 Å². The molecule has 1 aliphatic heterocycles. The van der Waals surface area contributed by atoms with Gasteiger partial charge in [0.2, 0.25) is 5.91 Å². The maximum Gasteiger partial charge on any atom is 0.494 e. The number of ether oxygens (including phenoxy) is 1. The van der Waals surface area contributed by atoms with Gasteiger partial charge in [0.1, 0.15) is 18.7 Å². The molecule has 2 aromatic carbocycles. The Balaban J connectivity index is 1.60. The third-order valence-corrected chi connectivity index (χ3v) is 6.81. The molecular formula is C27H35BN2O8. The van der Waals surface area contributed by atoms with Gasteiger partial charge in [-0.3, -0.25) is 4.79 Å². The van der Waals surface area contributed by atoms with E-state index in [0.717, 1.165) is 11.0 Å². The number of carbonyl (C=O) groups excluding carboxylic acids is 2. The van der Waals surface area contributed by atoms with Crippen LogP contribution in [0.4, 0.5) is 4.79 Å². The largest absolute Gasteiger partial charge is 0.494 e. The molecule has 0 saturated carbocycles. The van der Waals surface area contributed by atoms with E-state index in [0.29, 0.717) is 5.56 Å². The molecule has 11 heteroatoms. The maximum absolute atomic E-state index is 12.8. The fourth-order valence-corrected chi connectivity index (χ4v) is 3.78. The number of rotatable bonds is 10. The highest BCUT2D eigenvalue weighted by atomic mass is 16.7. The van der Waals surface area contributed by atoms with Crippen molar-refractivity contribution in [2.75, 3.05) is 0 Å². The summed E-state index contributed by atoms with van der Waals surface area (Å²) in [7, 11) is -0.552. The second-order valence-corrected chi connectivity index (χ2v) is 10.4. The van der Waals surface area contributed by atoms with Crippen LogP contribution < -0.4 is 16.1 Å². The van der Waals surface area contributed by atoms with Crippen LogP contribution in [0.2, 0.25) is 0 Å². The van der Waals surface area contributed by atoms with Crippen LogP contribution in [0.1, 0.15) is 45.7 Å². The molecule has 204 valence electrons. The molecule has 1 heterocycles. The van der Waals surface area contributed by atoms with Gasteiger partial charge in [0.25, 0.3) is 0 Å². The van der Waals surface area contributed by atoms with Crippen LogP contribution in [0.3, 0.4) is 0 Å². The molecule has 0 unspecified atom stereocenters. The third-order valence-electron chi connectivity index (χ3n) is 6.81. The summed E-state index contributed by atoms with van der Waals surface area (Å²) in [6.07, 6.45) is -2.23. The number of nitrogens with one attached hydrogen (secondary N) is 2. The van der Waals surface area contributed by atoms with E-state index in [-0.39, 0.29) is 13.0 Å². The number of benzene rings is 2. The number of carboxylic acid groups (broad SMARTS) is 1. The van der Waals surface area contributed by atoms with Crippen LogP contribution in [0.5, 0.6) is 0 Å². The Bertz CT molecular complexity index is 1110. The van der Waals surface area contributed by atoms with Crippen molar-refractivity contribution in [1.82, 2.24) is 10.6 Å². The predicted octanol–water partition coefficient (Wildman–Crippen LogP) is 1.77. The van der Waals surface area contributed by atoms with E-state index in [1.807, 2.05) is 33.8 Å². The molecule has 0 aliphatic carbocycles. The predicted molar refractivity (Wildman–Crippen MR) is 141 cm³/mol.